The maximum atomic E-state index is 12.8. The minimum Gasteiger partial charge on any atom is -0.344 e. The number of nitrogens with one attached hydrogen (secondary N) is 1. The summed E-state index contributed by atoms with van der Waals surface area (Å²) in [6, 6.07) is 12.4. The first-order chi connectivity index (χ1) is 14.9. The van der Waals surface area contributed by atoms with Crippen LogP contribution >= 0.6 is 0 Å². The minimum atomic E-state index is -0.483. The molecule has 0 fully saturated rings. The summed E-state index contributed by atoms with van der Waals surface area (Å²) in [6.45, 7) is 6.50. The number of nitrogens with zero attached hydrogens (tertiary/aromatic N) is 4. The molecule has 0 aliphatic rings. The van der Waals surface area contributed by atoms with Crippen LogP contribution in [-0.2, 0) is 6.54 Å². The maximum absolute atomic E-state index is 12.8. The van der Waals surface area contributed by atoms with Crippen LogP contribution in [0.3, 0.4) is 0 Å². The van der Waals surface area contributed by atoms with Crippen molar-refractivity contribution in [2.24, 2.45) is 5.41 Å². The molecular weight excluding hydrogens is 386 g/mol. The van der Waals surface area contributed by atoms with Crippen molar-refractivity contribution < 1.29 is 4.79 Å². The van der Waals surface area contributed by atoms with E-state index in [9.17, 15) is 4.79 Å². The Bertz CT molecular complexity index is 1410. The predicted octanol–water partition coefficient (Wildman–Crippen LogP) is 5.25. The van der Waals surface area contributed by atoms with Gasteiger partial charge in [0.15, 0.2) is 11.4 Å². The second-order valence-electron chi connectivity index (χ2n) is 8.81. The van der Waals surface area contributed by atoms with E-state index < -0.39 is 5.41 Å². The van der Waals surface area contributed by atoms with Crippen molar-refractivity contribution in [1.29, 1.82) is 0 Å². The highest BCUT2D eigenvalue weighted by Crippen LogP contribution is 2.28. The normalized spacial score (nSPS) is 12.0. The van der Waals surface area contributed by atoms with Crippen LogP contribution in [0, 0.1) is 5.41 Å². The van der Waals surface area contributed by atoms with Gasteiger partial charge in [0.25, 0.3) is 0 Å². The van der Waals surface area contributed by atoms with Gasteiger partial charge in [-0.15, -0.1) is 0 Å². The van der Waals surface area contributed by atoms with E-state index in [1.807, 2.05) is 33.0 Å². The lowest BCUT2D eigenvalue weighted by molar-refractivity contribution is 0.0860. The monoisotopic (exact) mass is 409 g/mol. The number of rotatable bonds is 4. The lowest BCUT2D eigenvalue weighted by Crippen LogP contribution is -2.20. The Morgan fingerprint density at radius 1 is 1.13 bits per heavy atom. The highest BCUT2D eigenvalue weighted by atomic mass is 16.1. The van der Waals surface area contributed by atoms with Crippen LogP contribution in [0.25, 0.3) is 33.3 Å². The van der Waals surface area contributed by atoms with E-state index in [0.717, 1.165) is 34.3 Å². The number of hydrogen-bond acceptors (Lipinski definition) is 4. The highest BCUT2D eigenvalue weighted by molar-refractivity contribution is 6.08. The van der Waals surface area contributed by atoms with E-state index >= 15 is 0 Å². The molecule has 0 saturated carbocycles. The number of benzene rings is 1. The third kappa shape index (κ3) is 3.50. The molecule has 5 rings (SSSR count). The molecule has 0 aliphatic carbocycles. The molecule has 4 aromatic heterocycles. The Balaban J connectivity index is 1.52. The van der Waals surface area contributed by atoms with Crippen molar-refractivity contribution in [2.75, 3.05) is 0 Å². The van der Waals surface area contributed by atoms with E-state index in [-0.39, 0.29) is 5.78 Å². The molecule has 0 spiro atoms. The SMILES string of the molecule is CC(C)(C)C(=O)c1c[nH]c2ncc(-c3ccc4c(ccn4Cc4cccnc4)c3)nc12. The van der Waals surface area contributed by atoms with Gasteiger partial charge in [-0.2, -0.15) is 0 Å². The van der Waals surface area contributed by atoms with Crippen LogP contribution in [0.1, 0.15) is 36.7 Å². The number of hydrogen-bond donors (Lipinski definition) is 1. The van der Waals surface area contributed by atoms with Crippen LogP contribution in [0.4, 0.5) is 0 Å². The van der Waals surface area contributed by atoms with Gasteiger partial charge in [0, 0.05) is 53.2 Å². The summed E-state index contributed by atoms with van der Waals surface area (Å²) in [4.78, 5) is 29.4. The summed E-state index contributed by atoms with van der Waals surface area (Å²) < 4.78 is 2.21. The fraction of sp³-hybridized carbons (Fsp3) is 0.200. The largest absolute Gasteiger partial charge is 0.344 e. The zero-order valence-corrected chi connectivity index (χ0v) is 17.8. The van der Waals surface area contributed by atoms with Gasteiger partial charge < -0.3 is 9.55 Å². The van der Waals surface area contributed by atoms with Crippen LogP contribution in [0.15, 0.2) is 67.4 Å². The molecule has 1 aromatic carbocycles. The van der Waals surface area contributed by atoms with Crippen molar-refractivity contribution in [2.45, 2.75) is 27.3 Å². The Morgan fingerprint density at radius 2 is 2.00 bits per heavy atom. The molecule has 0 radical (unpaired) electrons. The van der Waals surface area contributed by atoms with Crippen molar-refractivity contribution in [3.63, 3.8) is 0 Å². The first-order valence-electron chi connectivity index (χ1n) is 10.3. The number of carbonyl (C=O) groups excluding carboxylic acids is 1. The maximum Gasteiger partial charge on any atom is 0.171 e. The summed E-state index contributed by atoms with van der Waals surface area (Å²) in [6.07, 6.45) is 9.22. The molecule has 0 atom stereocenters. The van der Waals surface area contributed by atoms with Crippen LogP contribution in [-0.4, -0.2) is 30.3 Å². The van der Waals surface area contributed by atoms with Crippen molar-refractivity contribution in [3.8, 4) is 11.3 Å². The lowest BCUT2D eigenvalue weighted by Gasteiger charge is -2.15. The quantitative estimate of drug-likeness (QED) is 0.411. The lowest BCUT2D eigenvalue weighted by atomic mass is 9.87. The van der Waals surface area contributed by atoms with E-state index in [1.54, 1.807) is 18.6 Å². The number of carbonyl (C=O) groups is 1. The third-order valence-corrected chi connectivity index (χ3v) is 5.45. The summed E-state index contributed by atoms with van der Waals surface area (Å²) in [7, 11) is 0. The standard InChI is InChI=1S/C25H23N5O/c1-25(2,3)23(31)19-13-27-24-22(19)29-20(14-28-24)17-6-7-21-18(11-17)8-10-30(21)15-16-5-4-9-26-12-16/h4-14H,15H2,1-3H3,(H,27,28). The molecule has 6 heteroatoms. The number of Topliss-reactive ketones (excluding diaryl/α,β-unsaturated/α-hetero) is 1. The Labute approximate surface area is 180 Å². The van der Waals surface area contributed by atoms with E-state index in [4.69, 9.17) is 4.98 Å². The minimum absolute atomic E-state index is 0.0492. The third-order valence-electron chi connectivity index (χ3n) is 5.45. The van der Waals surface area contributed by atoms with Crippen molar-refractivity contribution in [1.82, 2.24) is 24.5 Å². The van der Waals surface area contributed by atoms with E-state index in [1.165, 1.54) is 0 Å². The van der Waals surface area contributed by atoms with Gasteiger partial charge in [-0.25, -0.2) is 9.97 Å². The first kappa shape index (κ1) is 19.2. The molecule has 154 valence electrons. The summed E-state index contributed by atoms with van der Waals surface area (Å²) in [5.74, 6) is 0.0492. The second-order valence-corrected chi connectivity index (χ2v) is 8.81. The average Bonchev–Trinajstić information content (AvgIpc) is 3.36. The number of aromatic nitrogens is 5. The molecule has 6 nitrogen and oxygen atoms in total. The first-order valence-corrected chi connectivity index (χ1v) is 10.3. The molecule has 0 unspecified atom stereocenters. The van der Waals surface area contributed by atoms with Gasteiger partial charge in [-0.3, -0.25) is 9.78 Å². The highest BCUT2D eigenvalue weighted by Gasteiger charge is 2.26. The molecule has 1 N–H and O–H groups in total. The van der Waals surface area contributed by atoms with Gasteiger partial charge in [-0.1, -0.05) is 32.9 Å². The zero-order valence-electron chi connectivity index (χ0n) is 17.8. The smallest absolute Gasteiger partial charge is 0.171 e. The number of ketones is 1. The molecule has 5 aromatic rings. The molecule has 0 bridgehead atoms. The molecule has 4 heterocycles. The Kier molecular flexibility index (Phi) is 4.43. The second kappa shape index (κ2) is 7.16. The fourth-order valence-electron chi connectivity index (χ4n) is 3.79. The Hall–Kier alpha value is -3.80. The Morgan fingerprint density at radius 3 is 2.77 bits per heavy atom. The average molecular weight is 409 g/mol. The molecule has 0 saturated heterocycles. The van der Waals surface area contributed by atoms with Crippen molar-refractivity contribution >= 4 is 27.9 Å². The molecule has 0 amide bonds. The number of aromatic amines is 1. The zero-order chi connectivity index (χ0) is 21.6. The van der Waals surface area contributed by atoms with Gasteiger partial charge in [0.2, 0.25) is 0 Å². The van der Waals surface area contributed by atoms with Gasteiger partial charge in [0.05, 0.1) is 17.5 Å². The molecule has 0 aliphatic heterocycles. The molecule has 31 heavy (non-hydrogen) atoms. The van der Waals surface area contributed by atoms with Gasteiger partial charge in [0.1, 0.15) is 5.52 Å². The van der Waals surface area contributed by atoms with Crippen LogP contribution in [0.5, 0.6) is 0 Å². The number of fused-ring (bicyclic) bond motifs is 2. The number of pyridine rings is 1. The fourth-order valence-corrected chi connectivity index (χ4v) is 3.79. The van der Waals surface area contributed by atoms with Crippen molar-refractivity contribution in [3.05, 3.63) is 78.5 Å². The summed E-state index contributed by atoms with van der Waals surface area (Å²) >= 11 is 0. The van der Waals surface area contributed by atoms with Crippen LogP contribution < -0.4 is 0 Å². The van der Waals surface area contributed by atoms with E-state index in [2.05, 4.69) is 56.0 Å². The van der Waals surface area contributed by atoms with Crippen LogP contribution in [0.2, 0.25) is 0 Å². The summed E-state index contributed by atoms with van der Waals surface area (Å²) in [5.41, 5.74) is 5.36. The topological polar surface area (TPSA) is 76.5 Å². The molecular formula is C25H23N5O. The van der Waals surface area contributed by atoms with Gasteiger partial charge in [-0.05, 0) is 29.8 Å². The predicted molar refractivity (Wildman–Crippen MR) is 122 cm³/mol. The van der Waals surface area contributed by atoms with E-state index in [0.29, 0.717) is 16.7 Å². The number of H-pyrrole nitrogens is 1. The van der Waals surface area contributed by atoms with Gasteiger partial charge >= 0.3 is 0 Å². The summed E-state index contributed by atoms with van der Waals surface area (Å²) in [5, 5.41) is 1.13.